The highest BCUT2D eigenvalue weighted by molar-refractivity contribution is 9.09. The van der Waals surface area contributed by atoms with Crippen molar-refractivity contribution in [1.82, 2.24) is 0 Å². The first-order valence-corrected chi connectivity index (χ1v) is 22.1. The lowest BCUT2D eigenvalue weighted by atomic mass is 9.95. The van der Waals surface area contributed by atoms with Gasteiger partial charge in [-0.2, -0.15) is 0 Å². The summed E-state index contributed by atoms with van der Waals surface area (Å²) >= 11 is 6.82. The van der Waals surface area contributed by atoms with Gasteiger partial charge in [0.05, 0.1) is 33.4 Å². The minimum absolute atomic E-state index is 0.0239. The van der Waals surface area contributed by atoms with Gasteiger partial charge in [0, 0.05) is 10.7 Å². The molecule has 0 aliphatic carbocycles. The second kappa shape index (κ2) is 23.5. The van der Waals surface area contributed by atoms with Gasteiger partial charge in [0.15, 0.2) is 36.6 Å². The highest BCUT2D eigenvalue weighted by Crippen LogP contribution is 2.30. The molecule has 0 saturated carbocycles. The van der Waals surface area contributed by atoms with E-state index >= 15 is 0 Å². The summed E-state index contributed by atoms with van der Waals surface area (Å²) in [5, 5.41) is -0.479. The summed E-state index contributed by atoms with van der Waals surface area (Å²) in [5.74, 6) is -5.60. The molecule has 12 nitrogen and oxygen atoms in total. The van der Waals surface area contributed by atoms with Gasteiger partial charge >= 0.3 is 35.8 Å². The Morgan fingerprint density at radius 1 is 0.281 bits per heavy atom. The van der Waals surface area contributed by atoms with Gasteiger partial charge in [-0.15, -0.1) is 0 Å². The van der Waals surface area contributed by atoms with Crippen molar-refractivity contribution in [3.63, 3.8) is 0 Å². The molecule has 326 valence electrons. The summed E-state index contributed by atoms with van der Waals surface area (Å²) in [4.78, 5) is 84.8. The van der Waals surface area contributed by atoms with Crippen LogP contribution in [0.3, 0.4) is 0 Å². The maximum absolute atomic E-state index is 14.4. The van der Waals surface area contributed by atoms with Gasteiger partial charge < -0.3 is 28.4 Å². The summed E-state index contributed by atoms with van der Waals surface area (Å²) in [6.45, 7) is 0. The fraction of sp³-hybridized carbons (Fsp3) is 0.160. The molecule has 6 rings (SSSR count). The van der Waals surface area contributed by atoms with E-state index in [-0.39, 0.29) is 44.0 Å². The fourth-order valence-corrected chi connectivity index (χ4v) is 7.35. The second-order valence-corrected chi connectivity index (χ2v) is 15.2. The number of rotatable bonds is 19. The third-order valence-electron chi connectivity index (χ3n) is 9.55. The summed E-state index contributed by atoms with van der Waals surface area (Å²) in [7, 11) is 0. The fourth-order valence-electron chi connectivity index (χ4n) is 6.35. The van der Waals surface area contributed by atoms with Crippen LogP contribution in [0.25, 0.3) is 0 Å². The van der Waals surface area contributed by atoms with E-state index in [1.54, 1.807) is 109 Å². The molecule has 6 aromatic carbocycles. The van der Waals surface area contributed by atoms with Crippen LogP contribution in [-0.2, 0) is 28.4 Å². The van der Waals surface area contributed by atoms with Crippen molar-refractivity contribution >= 4 is 67.7 Å². The molecule has 0 aromatic heterocycles. The van der Waals surface area contributed by atoms with Crippen LogP contribution in [0.1, 0.15) is 62.1 Å². The Hall–Kier alpha value is -6.90. The van der Waals surface area contributed by atoms with Crippen molar-refractivity contribution < 1.29 is 57.2 Å². The molecular formula is C50H40Br2O12. The number of hydrogen-bond acceptors (Lipinski definition) is 12. The average Bonchev–Trinajstić information content (AvgIpc) is 3.36. The Kier molecular flexibility index (Phi) is 17.1. The lowest BCUT2D eigenvalue weighted by Gasteiger charge is -2.39. The predicted molar refractivity (Wildman–Crippen MR) is 241 cm³/mol. The largest absolute Gasteiger partial charge is 0.454 e. The molecule has 0 radical (unpaired) electrons. The molecule has 14 heteroatoms. The lowest BCUT2D eigenvalue weighted by Crippen LogP contribution is -2.59. The molecule has 6 aromatic rings. The van der Waals surface area contributed by atoms with Crippen molar-refractivity contribution in [2.24, 2.45) is 0 Å². The van der Waals surface area contributed by atoms with Crippen LogP contribution in [0.4, 0.5) is 0 Å². The number of ether oxygens (including phenoxy) is 6. The van der Waals surface area contributed by atoms with E-state index in [0.717, 1.165) is 0 Å². The van der Waals surface area contributed by atoms with Crippen LogP contribution in [0.15, 0.2) is 182 Å². The molecule has 6 atom stereocenters. The number of benzene rings is 6. The normalized spacial score (nSPS) is 13.6. The molecule has 0 N–H and O–H groups in total. The third-order valence-corrected chi connectivity index (χ3v) is 10.8. The third kappa shape index (κ3) is 12.6. The molecule has 0 aliphatic heterocycles. The Balaban J connectivity index is 1.57. The molecule has 0 aliphatic rings. The number of hydrogen-bond donors (Lipinski definition) is 0. The van der Waals surface area contributed by atoms with Gasteiger partial charge in [0.1, 0.15) is 0 Å². The Morgan fingerprint density at radius 3 is 0.641 bits per heavy atom. The van der Waals surface area contributed by atoms with Crippen molar-refractivity contribution in [1.29, 1.82) is 0 Å². The first-order chi connectivity index (χ1) is 31.2. The number of alkyl halides is 2. The van der Waals surface area contributed by atoms with Crippen LogP contribution in [0, 0.1) is 0 Å². The van der Waals surface area contributed by atoms with E-state index in [4.69, 9.17) is 28.4 Å². The number of halogens is 2. The predicted octanol–water partition coefficient (Wildman–Crippen LogP) is 9.13. The Bertz CT molecular complexity index is 2290. The van der Waals surface area contributed by atoms with Crippen LogP contribution in [-0.4, -0.2) is 83.1 Å². The first kappa shape index (κ1) is 46.6. The number of carbonyl (C=O) groups is 6. The van der Waals surface area contributed by atoms with E-state index in [1.807, 2.05) is 0 Å². The summed E-state index contributed by atoms with van der Waals surface area (Å²) in [6.07, 6.45) is -10.7. The minimum atomic E-state index is -2.00. The highest BCUT2D eigenvalue weighted by Gasteiger charge is 2.51. The zero-order valence-corrected chi connectivity index (χ0v) is 37.0. The Labute approximate surface area is 385 Å². The minimum Gasteiger partial charge on any atom is -0.454 e. The number of carbonyl (C=O) groups excluding carboxylic acids is 6. The maximum Gasteiger partial charge on any atom is 0.338 e. The van der Waals surface area contributed by atoms with Gasteiger partial charge in [-0.3, -0.25) is 0 Å². The molecule has 0 saturated heterocycles. The van der Waals surface area contributed by atoms with E-state index in [2.05, 4.69) is 31.9 Å². The standard InChI is InChI=1S/C50H40Br2O12/c51-31-39(59-45(53)33-19-7-1-8-20-33)41(61-47(55)35-23-11-3-12-24-35)43(63-49(57)37-27-15-5-16-28-37)44(64-50(58)38-29-17-6-18-30-38)42(62-48(56)36-25-13-4-14-26-36)40(32-52)60-46(54)34-21-9-2-10-22-34/h1-30,39-44H,31-32H2/t39-,40-,41-,42+,43+,44+/m1/s1. The van der Waals surface area contributed by atoms with Gasteiger partial charge in [-0.05, 0) is 72.8 Å². The first-order valence-electron chi connectivity index (χ1n) is 19.8. The van der Waals surface area contributed by atoms with Crippen LogP contribution in [0.5, 0.6) is 0 Å². The summed E-state index contributed by atoms with van der Waals surface area (Å²) < 4.78 is 37.1. The van der Waals surface area contributed by atoms with Crippen LogP contribution >= 0.6 is 31.9 Å². The topological polar surface area (TPSA) is 158 Å². The van der Waals surface area contributed by atoms with Gasteiger partial charge in [0.25, 0.3) is 0 Å². The Morgan fingerprint density at radius 2 is 0.453 bits per heavy atom. The van der Waals surface area contributed by atoms with E-state index in [9.17, 15) is 28.8 Å². The summed E-state index contributed by atoms with van der Waals surface area (Å²) in [6, 6.07) is 47.2. The van der Waals surface area contributed by atoms with Crippen LogP contribution < -0.4 is 0 Å². The zero-order valence-electron chi connectivity index (χ0n) is 33.9. The monoisotopic (exact) mass is 990 g/mol. The SMILES string of the molecule is O=C(O[C@H]([C@@H](OC(=O)c1ccccc1)[C@H](OC(=O)c1ccccc1)[C@@H](CBr)OC(=O)c1ccccc1)[C@@H](OC(=O)c1ccccc1)[C@@H](CBr)OC(=O)c1ccccc1)c1ccccc1. The van der Waals surface area contributed by atoms with Gasteiger partial charge in [0.2, 0.25) is 0 Å². The van der Waals surface area contributed by atoms with Crippen molar-refractivity contribution in [3.8, 4) is 0 Å². The zero-order chi connectivity index (χ0) is 45.3. The van der Waals surface area contributed by atoms with E-state index in [1.165, 1.54) is 72.8 Å². The molecule has 64 heavy (non-hydrogen) atoms. The molecule has 0 spiro atoms. The quantitative estimate of drug-likeness (QED) is 0.0431. The lowest BCUT2D eigenvalue weighted by molar-refractivity contribution is -0.157. The second-order valence-electron chi connectivity index (χ2n) is 13.9. The highest BCUT2D eigenvalue weighted by atomic mass is 79.9. The van der Waals surface area contributed by atoms with Gasteiger partial charge in [-0.1, -0.05) is 141 Å². The molecular weight excluding hydrogens is 952 g/mol. The van der Waals surface area contributed by atoms with E-state index < -0.39 is 72.4 Å². The molecule has 0 heterocycles. The molecule has 0 bridgehead atoms. The van der Waals surface area contributed by atoms with Crippen molar-refractivity contribution in [3.05, 3.63) is 215 Å². The maximum atomic E-state index is 14.4. The van der Waals surface area contributed by atoms with Gasteiger partial charge in [-0.25, -0.2) is 28.8 Å². The molecule has 0 amide bonds. The number of esters is 6. The van der Waals surface area contributed by atoms with Crippen molar-refractivity contribution in [2.45, 2.75) is 36.6 Å². The van der Waals surface area contributed by atoms with Crippen LogP contribution in [0.2, 0.25) is 0 Å². The molecule has 0 fully saturated rings. The smallest absolute Gasteiger partial charge is 0.338 e. The molecule has 0 unspecified atom stereocenters. The van der Waals surface area contributed by atoms with Crippen molar-refractivity contribution in [2.75, 3.05) is 10.7 Å². The average molecular weight is 993 g/mol. The van der Waals surface area contributed by atoms with E-state index in [0.29, 0.717) is 0 Å². The summed E-state index contributed by atoms with van der Waals surface area (Å²) in [5.41, 5.74) is 0.431.